The van der Waals surface area contributed by atoms with Crippen LogP contribution in [0.5, 0.6) is 0 Å². The summed E-state index contributed by atoms with van der Waals surface area (Å²) in [5.41, 5.74) is 5.05. The van der Waals surface area contributed by atoms with Crippen LogP contribution in [0.3, 0.4) is 0 Å². The molecule has 106 valence electrons. The van der Waals surface area contributed by atoms with Gasteiger partial charge in [-0.3, -0.25) is 0 Å². The molecule has 0 saturated carbocycles. The maximum absolute atomic E-state index is 13.0. The zero-order chi connectivity index (χ0) is 14.9. The molecule has 2 aromatic carbocycles. The van der Waals surface area contributed by atoms with E-state index in [4.69, 9.17) is 17.3 Å². The van der Waals surface area contributed by atoms with Crippen LogP contribution < -0.4 is 11.1 Å². The van der Waals surface area contributed by atoms with E-state index < -0.39 is 11.7 Å². The van der Waals surface area contributed by atoms with Gasteiger partial charge in [0.05, 0.1) is 16.9 Å². The van der Waals surface area contributed by atoms with E-state index in [1.165, 1.54) is 12.1 Å². The number of benzene rings is 2. The normalized spacial score (nSPS) is 11.4. The first kappa shape index (κ1) is 15.0. The number of anilines is 3. The smallest absolute Gasteiger partial charge is 0.399 e. The van der Waals surface area contributed by atoms with Crippen LogP contribution in [-0.2, 0) is 6.18 Å². The van der Waals surface area contributed by atoms with Crippen LogP contribution in [0.25, 0.3) is 0 Å². The van der Waals surface area contributed by atoms with Crippen molar-refractivity contribution in [1.82, 2.24) is 0 Å². The van der Waals surface area contributed by atoms with Crippen molar-refractivity contribution in [2.75, 3.05) is 11.1 Å². The number of rotatable bonds is 2. The van der Waals surface area contributed by atoms with E-state index in [2.05, 4.69) is 21.2 Å². The molecule has 0 aromatic heterocycles. The average Bonchev–Trinajstić information content (AvgIpc) is 2.33. The van der Waals surface area contributed by atoms with Crippen LogP contribution in [0.4, 0.5) is 30.2 Å². The van der Waals surface area contributed by atoms with Gasteiger partial charge in [-0.1, -0.05) is 11.6 Å². The van der Waals surface area contributed by atoms with Crippen LogP contribution in [0.15, 0.2) is 40.9 Å². The zero-order valence-corrected chi connectivity index (χ0v) is 12.3. The maximum Gasteiger partial charge on any atom is 0.418 e. The van der Waals surface area contributed by atoms with Gasteiger partial charge in [0, 0.05) is 15.2 Å². The zero-order valence-electron chi connectivity index (χ0n) is 9.93. The molecule has 2 nitrogen and oxygen atoms in total. The number of halogens is 5. The summed E-state index contributed by atoms with van der Waals surface area (Å²) < 4.78 is 39.5. The summed E-state index contributed by atoms with van der Waals surface area (Å²) in [6.07, 6.45) is -4.49. The van der Waals surface area contributed by atoms with E-state index in [-0.39, 0.29) is 11.4 Å². The van der Waals surface area contributed by atoms with Gasteiger partial charge in [0.1, 0.15) is 0 Å². The van der Waals surface area contributed by atoms with E-state index in [1.54, 1.807) is 18.2 Å². The fourth-order valence-corrected chi connectivity index (χ4v) is 2.42. The van der Waals surface area contributed by atoms with Gasteiger partial charge in [-0.2, -0.15) is 13.2 Å². The molecule has 7 heteroatoms. The number of alkyl halides is 3. The van der Waals surface area contributed by atoms with E-state index >= 15 is 0 Å². The Labute approximate surface area is 126 Å². The molecule has 2 rings (SSSR count). The Morgan fingerprint density at radius 3 is 2.30 bits per heavy atom. The molecule has 0 radical (unpaired) electrons. The largest absolute Gasteiger partial charge is 0.418 e. The molecule has 0 amide bonds. The van der Waals surface area contributed by atoms with Gasteiger partial charge in [-0.05, 0) is 52.3 Å². The highest BCUT2D eigenvalue weighted by Gasteiger charge is 2.33. The Morgan fingerprint density at radius 1 is 1.05 bits per heavy atom. The minimum atomic E-state index is -4.49. The quantitative estimate of drug-likeness (QED) is 0.695. The second-order valence-electron chi connectivity index (χ2n) is 4.05. The van der Waals surface area contributed by atoms with Crippen molar-refractivity contribution in [1.29, 1.82) is 0 Å². The van der Waals surface area contributed by atoms with Crippen molar-refractivity contribution < 1.29 is 13.2 Å². The molecule has 0 atom stereocenters. The highest BCUT2D eigenvalue weighted by atomic mass is 79.9. The highest BCUT2D eigenvalue weighted by molar-refractivity contribution is 9.10. The van der Waals surface area contributed by atoms with Crippen LogP contribution in [0.1, 0.15) is 5.56 Å². The molecule has 0 saturated heterocycles. The van der Waals surface area contributed by atoms with Crippen molar-refractivity contribution >= 4 is 44.6 Å². The number of hydrogen-bond donors (Lipinski definition) is 2. The maximum atomic E-state index is 13.0. The SMILES string of the molecule is Nc1ccc(Nc2ccc(Cl)cc2Br)c(C(F)(F)F)c1. The standard InChI is InChI=1S/C13H9BrClF3N2/c14-10-5-7(15)1-3-12(10)20-11-4-2-8(19)6-9(11)13(16,17)18/h1-6,20H,19H2. The number of nitrogen functional groups attached to an aromatic ring is 1. The summed E-state index contributed by atoms with van der Waals surface area (Å²) in [5, 5.41) is 3.20. The molecule has 0 spiro atoms. The first-order valence-corrected chi connectivity index (χ1v) is 6.63. The van der Waals surface area contributed by atoms with Crippen molar-refractivity contribution in [3.63, 3.8) is 0 Å². The fraction of sp³-hybridized carbons (Fsp3) is 0.0769. The Hall–Kier alpha value is -1.40. The molecule has 3 N–H and O–H groups in total. The summed E-state index contributed by atoms with van der Waals surface area (Å²) in [4.78, 5) is 0. The van der Waals surface area contributed by atoms with Gasteiger partial charge < -0.3 is 11.1 Å². The Kier molecular flexibility index (Phi) is 4.15. The van der Waals surface area contributed by atoms with Crippen LogP contribution >= 0.6 is 27.5 Å². The van der Waals surface area contributed by atoms with E-state index in [9.17, 15) is 13.2 Å². The van der Waals surface area contributed by atoms with Crippen LogP contribution in [0.2, 0.25) is 5.02 Å². The number of hydrogen-bond acceptors (Lipinski definition) is 2. The third-order valence-corrected chi connectivity index (χ3v) is 3.44. The summed E-state index contributed by atoms with van der Waals surface area (Å²) in [5.74, 6) is 0. The third-order valence-electron chi connectivity index (χ3n) is 2.55. The first-order chi connectivity index (χ1) is 9.27. The number of nitrogens with one attached hydrogen (secondary N) is 1. The van der Waals surface area contributed by atoms with Crippen molar-refractivity contribution in [3.8, 4) is 0 Å². The van der Waals surface area contributed by atoms with E-state index in [0.717, 1.165) is 6.07 Å². The second kappa shape index (κ2) is 5.54. The minimum Gasteiger partial charge on any atom is -0.399 e. The van der Waals surface area contributed by atoms with Crippen molar-refractivity contribution in [2.45, 2.75) is 6.18 Å². The van der Waals surface area contributed by atoms with Gasteiger partial charge in [0.15, 0.2) is 0 Å². The summed E-state index contributed by atoms with van der Waals surface area (Å²) in [6, 6.07) is 8.35. The lowest BCUT2D eigenvalue weighted by Crippen LogP contribution is -2.09. The third kappa shape index (κ3) is 3.37. The molecule has 0 fully saturated rings. The molecule has 2 aromatic rings. The summed E-state index contributed by atoms with van der Waals surface area (Å²) >= 11 is 9.03. The lowest BCUT2D eigenvalue weighted by Gasteiger charge is -2.16. The van der Waals surface area contributed by atoms with Gasteiger partial charge >= 0.3 is 6.18 Å². The molecule has 0 bridgehead atoms. The van der Waals surface area contributed by atoms with Crippen LogP contribution in [0, 0.1) is 0 Å². The van der Waals surface area contributed by atoms with E-state index in [1.807, 2.05) is 0 Å². The average molecular weight is 366 g/mol. The number of nitrogens with two attached hydrogens (primary N) is 1. The fourth-order valence-electron chi connectivity index (χ4n) is 1.64. The van der Waals surface area contributed by atoms with Crippen molar-refractivity contribution in [3.05, 3.63) is 51.5 Å². The van der Waals surface area contributed by atoms with Crippen LogP contribution in [-0.4, -0.2) is 0 Å². The predicted molar refractivity (Wildman–Crippen MR) is 78.3 cm³/mol. The lowest BCUT2D eigenvalue weighted by molar-refractivity contribution is -0.136. The lowest BCUT2D eigenvalue weighted by atomic mass is 10.1. The molecule has 0 heterocycles. The molecule has 0 aliphatic heterocycles. The van der Waals surface area contributed by atoms with E-state index in [0.29, 0.717) is 15.2 Å². The van der Waals surface area contributed by atoms with Gasteiger partial charge in [-0.25, -0.2) is 0 Å². The Balaban J connectivity index is 2.43. The second-order valence-corrected chi connectivity index (χ2v) is 5.34. The Bertz CT molecular complexity index is 644. The molecule has 0 aliphatic rings. The van der Waals surface area contributed by atoms with Gasteiger partial charge in [-0.15, -0.1) is 0 Å². The summed E-state index contributed by atoms with van der Waals surface area (Å²) in [6.45, 7) is 0. The molecular weight excluding hydrogens is 357 g/mol. The monoisotopic (exact) mass is 364 g/mol. The van der Waals surface area contributed by atoms with Crippen molar-refractivity contribution in [2.24, 2.45) is 0 Å². The molecule has 20 heavy (non-hydrogen) atoms. The Morgan fingerprint density at radius 2 is 1.70 bits per heavy atom. The highest BCUT2D eigenvalue weighted by Crippen LogP contribution is 2.38. The molecule has 0 unspecified atom stereocenters. The molecular formula is C13H9BrClF3N2. The first-order valence-electron chi connectivity index (χ1n) is 5.46. The predicted octanol–water partition coefficient (Wildman–Crippen LogP) is 5.45. The topological polar surface area (TPSA) is 38.0 Å². The molecule has 0 aliphatic carbocycles. The van der Waals surface area contributed by atoms with Gasteiger partial charge in [0.2, 0.25) is 0 Å². The minimum absolute atomic E-state index is 0.0537. The van der Waals surface area contributed by atoms with Gasteiger partial charge in [0.25, 0.3) is 0 Å². The summed E-state index contributed by atoms with van der Waals surface area (Å²) in [7, 11) is 0.